The number of nitrogens with one attached hydrogen (secondary N) is 1. The van der Waals surface area contributed by atoms with E-state index in [0.717, 1.165) is 11.1 Å². The van der Waals surface area contributed by atoms with Crippen molar-refractivity contribution in [3.8, 4) is 0 Å². The number of carbonyl (C=O) groups is 1. The van der Waals surface area contributed by atoms with E-state index in [-0.39, 0.29) is 28.0 Å². The van der Waals surface area contributed by atoms with Crippen LogP contribution in [0.5, 0.6) is 0 Å². The fourth-order valence-electron chi connectivity index (χ4n) is 2.08. The predicted molar refractivity (Wildman–Crippen MR) is 92.7 cm³/mol. The van der Waals surface area contributed by atoms with Gasteiger partial charge in [0.1, 0.15) is 0 Å². The van der Waals surface area contributed by atoms with Gasteiger partial charge < -0.3 is 5.32 Å². The lowest BCUT2D eigenvalue weighted by Crippen LogP contribution is -2.17. The van der Waals surface area contributed by atoms with Crippen LogP contribution in [0, 0.1) is 13.8 Å². The van der Waals surface area contributed by atoms with Crippen molar-refractivity contribution in [2.45, 2.75) is 25.2 Å². The number of amides is 1. The molecule has 0 unspecified atom stereocenters. The highest BCUT2D eigenvalue weighted by atomic mass is 35.5. The fourth-order valence-corrected chi connectivity index (χ4v) is 3.89. The molecule has 6 heteroatoms. The highest BCUT2D eigenvalue weighted by Crippen LogP contribution is 2.22. The average Bonchev–Trinajstić information content (AvgIpc) is 2.49. The molecule has 122 valence electrons. The van der Waals surface area contributed by atoms with E-state index in [1.165, 1.54) is 12.1 Å². The molecule has 0 spiro atoms. The lowest BCUT2D eigenvalue weighted by atomic mass is 10.1. The van der Waals surface area contributed by atoms with Crippen molar-refractivity contribution < 1.29 is 13.2 Å². The molecule has 0 radical (unpaired) electrons. The normalized spacial score (nSPS) is 11.3. The number of hydrogen-bond acceptors (Lipinski definition) is 3. The van der Waals surface area contributed by atoms with Crippen molar-refractivity contribution in [2.75, 3.05) is 11.1 Å². The van der Waals surface area contributed by atoms with Gasteiger partial charge in [0.2, 0.25) is 5.91 Å². The average molecular weight is 352 g/mol. The zero-order valence-corrected chi connectivity index (χ0v) is 14.5. The lowest BCUT2D eigenvalue weighted by Gasteiger charge is -2.09. The van der Waals surface area contributed by atoms with Crippen LogP contribution < -0.4 is 5.32 Å². The van der Waals surface area contributed by atoms with Gasteiger partial charge in [-0.3, -0.25) is 4.79 Å². The standard InChI is InChI=1S/C17H18ClNO3S/c1-12-7-8-14(11-13(12)2)19-17(20)9-10-23(21,22)16-6-4-3-5-15(16)18/h3-8,11H,9-10H2,1-2H3,(H,19,20). The largest absolute Gasteiger partial charge is 0.326 e. The Balaban J connectivity index is 2.01. The molecule has 2 aromatic rings. The topological polar surface area (TPSA) is 63.2 Å². The van der Waals surface area contributed by atoms with Crippen molar-refractivity contribution in [1.29, 1.82) is 0 Å². The highest BCUT2D eigenvalue weighted by molar-refractivity contribution is 7.91. The molecular weight excluding hydrogens is 334 g/mol. The summed E-state index contributed by atoms with van der Waals surface area (Å²) in [6.07, 6.45) is -0.125. The molecule has 0 saturated carbocycles. The maximum atomic E-state index is 12.2. The molecule has 1 N–H and O–H groups in total. The summed E-state index contributed by atoms with van der Waals surface area (Å²) in [5.74, 6) is -0.628. The van der Waals surface area contributed by atoms with E-state index in [1.54, 1.807) is 18.2 Å². The lowest BCUT2D eigenvalue weighted by molar-refractivity contribution is -0.115. The number of halogens is 1. The Hall–Kier alpha value is -1.85. The molecule has 0 aliphatic rings. The Kier molecular flexibility index (Phi) is 5.44. The molecule has 0 fully saturated rings. The van der Waals surface area contributed by atoms with Gasteiger partial charge in [0.15, 0.2) is 9.84 Å². The summed E-state index contributed by atoms with van der Waals surface area (Å²) < 4.78 is 24.5. The molecule has 1 amide bonds. The van der Waals surface area contributed by atoms with Crippen molar-refractivity contribution in [3.63, 3.8) is 0 Å². The Labute approximate surface area is 141 Å². The van der Waals surface area contributed by atoms with Crippen molar-refractivity contribution in [2.24, 2.45) is 0 Å². The SMILES string of the molecule is Cc1ccc(NC(=O)CCS(=O)(=O)c2ccccc2Cl)cc1C. The summed E-state index contributed by atoms with van der Waals surface area (Å²) >= 11 is 5.91. The second kappa shape index (κ2) is 7.15. The maximum absolute atomic E-state index is 12.2. The van der Waals surface area contributed by atoms with Crippen LogP contribution in [0.15, 0.2) is 47.4 Å². The molecule has 0 aliphatic heterocycles. The van der Waals surface area contributed by atoms with Gasteiger partial charge in [0.05, 0.1) is 15.7 Å². The first kappa shape index (κ1) is 17.5. The van der Waals surface area contributed by atoms with Crippen molar-refractivity contribution in [3.05, 3.63) is 58.6 Å². The van der Waals surface area contributed by atoms with E-state index in [0.29, 0.717) is 5.69 Å². The third kappa shape index (κ3) is 4.56. The number of aryl methyl sites for hydroxylation is 2. The number of benzene rings is 2. The Morgan fingerprint density at radius 3 is 2.43 bits per heavy atom. The van der Waals surface area contributed by atoms with E-state index in [2.05, 4.69) is 5.32 Å². The smallest absolute Gasteiger partial charge is 0.225 e. The third-order valence-electron chi connectivity index (χ3n) is 3.56. The maximum Gasteiger partial charge on any atom is 0.225 e. The summed E-state index contributed by atoms with van der Waals surface area (Å²) in [6, 6.07) is 11.8. The van der Waals surface area contributed by atoms with Gasteiger partial charge in [-0.15, -0.1) is 0 Å². The van der Waals surface area contributed by atoms with Crippen molar-refractivity contribution >= 4 is 33.0 Å². The number of anilines is 1. The van der Waals surface area contributed by atoms with Gasteiger partial charge in [-0.25, -0.2) is 8.42 Å². The van der Waals surface area contributed by atoms with Gasteiger partial charge >= 0.3 is 0 Å². The second-order valence-corrected chi connectivity index (χ2v) is 7.83. The van der Waals surface area contributed by atoms with Crippen LogP contribution in [-0.2, 0) is 14.6 Å². The van der Waals surface area contributed by atoms with E-state index >= 15 is 0 Å². The van der Waals surface area contributed by atoms with E-state index < -0.39 is 9.84 Å². The molecule has 0 saturated heterocycles. The van der Waals surface area contributed by atoms with Crippen molar-refractivity contribution in [1.82, 2.24) is 0 Å². The zero-order chi connectivity index (χ0) is 17.0. The third-order valence-corrected chi connectivity index (χ3v) is 5.77. The van der Waals surface area contributed by atoms with Crippen LogP contribution in [0.1, 0.15) is 17.5 Å². The second-order valence-electron chi connectivity index (χ2n) is 5.35. The molecule has 2 rings (SSSR count). The van der Waals surface area contributed by atoms with Crippen LogP contribution in [0.4, 0.5) is 5.69 Å². The first-order chi connectivity index (χ1) is 10.8. The van der Waals surface area contributed by atoms with Crippen LogP contribution in [-0.4, -0.2) is 20.1 Å². The first-order valence-electron chi connectivity index (χ1n) is 7.14. The minimum Gasteiger partial charge on any atom is -0.326 e. The molecule has 4 nitrogen and oxygen atoms in total. The van der Waals surface area contributed by atoms with Crippen LogP contribution >= 0.6 is 11.6 Å². The Morgan fingerprint density at radius 1 is 1.09 bits per heavy atom. The minimum absolute atomic E-state index is 0.0562. The molecule has 23 heavy (non-hydrogen) atoms. The van der Waals surface area contributed by atoms with E-state index in [9.17, 15) is 13.2 Å². The fraction of sp³-hybridized carbons (Fsp3) is 0.235. The summed E-state index contributed by atoms with van der Waals surface area (Å²) in [5, 5.41) is 2.88. The molecule has 2 aromatic carbocycles. The van der Waals surface area contributed by atoms with E-state index in [1.807, 2.05) is 26.0 Å². The predicted octanol–water partition coefficient (Wildman–Crippen LogP) is 3.76. The first-order valence-corrected chi connectivity index (χ1v) is 9.17. The quantitative estimate of drug-likeness (QED) is 0.892. The Bertz CT molecular complexity index is 831. The highest BCUT2D eigenvalue weighted by Gasteiger charge is 2.19. The monoisotopic (exact) mass is 351 g/mol. The number of sulfone groups is 1. The molecule has 0 bridgehead atoms. The van der Waals surface area contributed by atoms with Crippen LogP contribution in [0.2, 0.25) is 5.02 Å². The van der Waals surface area contributed by atoms with Crippen LogP contribution in [0.3, 0.4) is 0 Å². The molecule has 0 atom stereocenters. The van der Waals surface area contributed by atoms with Gasteiger partial charge in [0.25, 0.3) is 0 Å². The van der Waals surface area contributed by atoms with Gasteiger partial charge in [-0.2, -0.15) is 0 Å². The number of hydrogen-bond donors (Lipinski definition) is 1. The summed E-state index contributed by atoms with van der Waals surface area (Å²) in [4.78, 5) is 12.0. The molecule has 0 heterocycles. The summed E-state index contributed by atoms with van der Waals surface area (Å²) in [5.41, 5.74) is 2.85. The van der Waals surface area contributed by atoms with Crippen LogP contribution in [0.25, 0.3) is 0 Å². The minimum atomic E-state index is -3.59. The summed E-state index contributed by atoms with van der Waals surface area (Å²) in [7, 11) is -3.59. The number of rotatable bonds is 5. The van der Waals surface area contributed by atoms with E-state index in [4.69, 9.17) is 11.6 Å². The van der Waals surface area contributed by atoms with Gasteiger partial charge in [-0.1, -0.05) is 29.8 Å². The van der Waals surface area contributed by atoms with Gasteiger partial charge in [0, 0.05) is 12.1 Å². The zero-order valence-electron chi connectivity index (χ0n) is 13.0. The van der Waals surface area contributed by atoms with Gasteiger partial charge in [-0.05, 0) is 49.2 Å². The molecular formula is C17H18ClNO3S. The molecule has 0 aromatic heterocycles. The molecule has 0 aliphatic carbocycles. The Morgan fingerprint density at radius 2 is 1.78 bits per heavy atom. The number of carbonyl (C=O) groups excluding carboxylic acids is 1. The summed E-state index contributed by atoms with van der Waals surface area (Å²) in [6.45, 7) is 3.93.